The first-order valence-corrected chi connectivity index (χ1v) is 10.2. The summed E-state index contributed by atoms with van der Waals surface area (Å²) in [6.45, 7) is 1.83. The molecule has 1 saturated heterocycles. The van der Waals surface area contributed by atoms with E-state index in [1.54, 1.807) is 17.3 Å². The maximum atomic E-state index is 13.3. The SMILES string of the molecule is O=C1CC(NC(=O)N2CCn3cccc3C2c2ccncc2)CN1c1ccccc1. The van der Waals surface area contributed by atoms with E-state index in [4.69, 9.17) is 0 Å². The van der Waals surface area contributed by atoms with Crippen LogP contribution in [0.5, 0.6) is 0 Å². The van der Waals surface area contributed by atoms with Gasteiger partial charge in [0.2, 0.25) is 5.91 Å². The minimum absolute atomic E-state index is 0.0321. The fraction of sp³-hybridized carbons (Fsp3) is 0.261. The van der Waals surface area contributed by atoms with Gasteiger partial charge in [0.05, 0.1) is 12.1 Å². The van der Waals surface area contributed by atoms with Crippen LogP contribution in [0.1, 0.15) is 23.7 Å². The number of fused-ring (bicyclic) bond motifs is 1. The summed E-state index contributed by atoms with van der Waals surface area (Å²) in [7, 11) is 0. The summed E-state index contributed by atoms with van der Waals surface area (Å²) in [4.78, 5) is 33.5. The van der Waals surface area contributed by atoms with Crippen LogP contribution in [0.25, 0.3) is 0 Å². The summed E-state index contributed by atoms with van der Waals surface area (Å²) in [5.74, 6) is 0.0321. The minimum atomic E-state index is -0.211. The molecule has 0 radical (unpaired) electrons. The van der Waals surface area contributed by atoms with Crippen molar-refractivity contribution in [2.24, 2.45) is 0 Å². The summed E-state index contributed by atoms with van der Waals surface area (Å²) >= 11 is 0. The Morgan fingerprint density at radius 2 is 1.80 bits per heavy atom. The maximum absolute atomic E-state index is 13.3. The van der Waals surface area contributed by atoms with E-state index in [0.29, 0.717) is 19.5 Å². The van der Waals surface area contributed by atoms with Crippen LogP contribution in [0.2, 0.25) is 0 Å². The Bertz CT molecular complexity index is 1050. The number of hydrogen-bond acceptors (Lipinski definition) is 3. The molecule has 2 aliphatic rings. The van der Waals surface area contributed by atoms with Gasteiger partial charge in [0.15, 0.2) is 0 Å². The standard InChI is InChI=1S/C23H23N5O2/c29-21-15-18(16-28(21)19-5-2-1-3-6-19)25-23(30)27-14-13-26-12-4-7-20(26)22(27)17-8-10-24-11-9-17/h1-12,18,22H,13-16H2,(H,25,30). The van der Waals surface area contributed by atoms with Crippen LogP contribution < -0.4 is 10.2 Å². The van der Waals surface area contributed by atoms with Gasteiger partial charge in [0, 0.05) is 56.0 Å². The topological polar surface area (TPSA) is 70.5 Å². The lowest BCUT2D eigenvalue weighted by atomic mass is 10.0. The minimum Gasteiger partial charge on any atom is -0.348 e. The molecule has 3 amide bonds. The molecule has 2 aliphatic heterocycles. The predicted octanol–water partition coefficient (Wildman–Crippen LogP) is 2.80. The molecule has 30 heavy (non-hydrogen) atoms. The number of aromatic nitrogens is 2. The van der Waals surface area contributed by atoms with Crippen LogP contribution in [-0.2, 0) is 11.3 Å². The molecule has 3 aromatic rings. The number of carbonyl (C=O) groups is 2. The van der Waals surface area contributed by atoms with Crippen LogP contribution in [0.4, 0.5) is 10.5 Å². The van der Waals surface area contributed by atoms with Gasteiger partial charge in [-0.25, -0.2) is 4.79 Å². The lowest BCUT2D eigenvalue weighted by molar-refractivity contribution is -0.117. The number of nitrogens with zero attached hydrogens (tertiary/aromatic N) is 4. The number of rotatable bonds is 3. The number of anilines is 1. The third-order valence-corrected chi connectivity index (χ3v) is 5.84. The Hall–Kier alpha value is -3.61. The first kappa shape index (κ1) is 18.4. The molecule has 4 heterocycles. The zero-order valence-electron chi connectivity index (χ0n) is 16.5. The number of nitrogens with one attached hydrogen (secondary N) is 1. The lowest BCUT2D eigenvalue weighted by Gasteiger charge is -2.37. The maximum Gasteiger partial charge on any atom is 0.318 e. The van der Waals surface area contributed by atoms with Gasteiger partial charge in [-0.1, -0.05) is 18.2 Å². The van der Waals surface area contributed by atoms with Crippen molar-refractivity contribution in [2.45, 2.75) is 25.0 Å². The summed E-state index contributed by atoms with van der Waals surface area (Å²) < 4.78 is 2.19. The van der Waals surface area contributed by atoms with Gasteiger partial charge >= 0.3 is 6.03 Å². The van der Waals surface area contributed by atoms with E-state index in [9.17, 15) is 9.59 Å². The third kappa shape index (κ3) is 3.32. The molecular formula is C23H23N5O2. The quantitative estimate of drug-likeness (QED) is 0.734. The van der Waals surface area contributed by atoms with Crippen LogP contribution in [0.3, 0.4) is 0 Å². The van der Waals surface area contributed by atoms with Crippen LogP contribution >= 0.6 is 0 Å². The van der Waals surface area contributed by atoms with E-state index in [2.05, 4.69) is 20.9 Å². The highest BCUT2D eigenvalue weighted by Gasteiger charge is 2.36. The fourth-order valence-electron chi connectivity index (χ4n) is 4.42. The van der Waals surface area contributed by atoms with Gasteiger partial charge in [-0.2, -0.15) is 0 Å². The van der Waals surface area contributed by atoms with Gasteiger partial charge < -0.3 is 19.7 Å². The van der Waals surface area contributed by atoms with Crippen LogP contribution in [0, 0.1) is 0 Å². The Kier molecular flexibility index (Phi) is 4.71. The van der Waals surface area contributed by atoms with Crippen molar-refractivity contribution in [3.8, 4) is 0 Å². The van der Waals surface area contributed by atoms with Gasteiger partial charge in [-0.05, 0) is 42.0 Å². The van der Waals surface area contributed by atoms with Crippen molar-refractivity contribution in [3.63, 3.8) is 0 Å². The molecule has 0 bridgehead atoms. The second kappa shape index (κ2) is 7.67. The average Bonchev–Trinajstić information content (AvgIpc) is 3.40. The normalized spacial score (nSPS) is 20.9. The van der Waals surface area contributed by atoms with Crippen LogP contribution in [0.15, 0.2) is 73.2 Å². The molecule has 0 aliphatic carbocycles. The van der Waals surface area contributed by atoms with Crippen molar-refractivity contribution < 1.29 is 9.59 Å². The van der Waals surface area contributed by atoms with Crippen molar-refractivity contribution in [1.29, 1.82) is 0 Å². The molecule has 0 spiro atoms. The van der Waals surface area contributed by atoms with Gasteiger partial charge in [0.25, 0.3) is 0 Å². The van der Waals surface area contributed by atoms with Crippen molar-refractivity contribution in [1.82, 2.24) is 19.8 Å². The highest BCUT2D eigenvalue weighted by Crippen LogP contribution is 2.32. The third-order valence-electron chi connectivity index (χ3n) is 5.84. The summed E-state index contributed by atoms with van der Waals surface area (Å²) in [6, 6.07) is 17.0. The van der Waals surface area contributed by atoms with Gasteiger partial charge in [-0.15, -0.1) is 0 Å². The molecule has 0 saturated carbocycles. The number of para-hydroxylation sites is 1. The van der Waals surface area contributed by atoms with Crippen molar-refractivity contribution in [2.75, 3.05) is 18.0 Å². The second-order valence-corrected chi connectivity index (χ2v) is 7.69. The van der Waals surface area contributed by atoms with Crippen LogP contribution in [-0.4, -0.2) is 45.5 Å². The summed E-state index contributed by atoms with van der Waals surface area (Å²) in [6.07, 6.45) is 5.86. The highest BCUT2D eigenvalue weighted by atomic mass is 16.2. The lowest BCUT2D eigenvalue weighted by Crippen LogP contribution is -2.50. The number of urea groups is 1. The van der Waals surface area contributed by atoms with E-state index in [-0.39, 0.29) is 24.0 Å². The number of amides is 3. The second-order valence-electron chi connectivity index (χ2n) is 7.69. The largest absolute Gasteiger partial charge is 0.348 e. The molecule has 7 nitrogen and oxygen atoms in total. The molecule has 7 heteroatoms. The fourth-order valence-corrected chi connectivity index (χ4v) is 4.42. The predicted molar refractivity (Wildman–Crippen MR) is 113 cm³/mol. The van der Waals surface area contributed by atoms with E-state index in [0.717, 1.165) is 23.5 Å². The van der Waals surface area contributed by atoms with Gasteiger partial charge in [0.1, 0.15) is 0 Å². The number of carbonyl (C=O) groups excluding carboxylic acids is 2. The molecule has 5 rings (SSSR count). The number of benzene rings is 1. The molecule has 2 unspecified atom stereocenters. The first-order chi connectivity index (χ1) is 14.7. The molecule has 152 valence electrons. The molecule has 1 fully saturated rings. The van der Waals surface area contributed by atoms with Gasteiger partial charge in [-0.3, -0.25) is 9.78 Å². The summed E-state index contributed by atoms with van der Waals surface area (Å²) in [5.41, 5.74) is 2.97. The summed E-state index contributed by atoms with van der Waals surface area (Å²) in [5, 5.41) is 3.10. The monoisotopic (exact) mass is 401 g/mol. The Morgan fingerprint density at radius 1 is 1.00 bits per heavy atom. The molecule has 1 aromatic carbocycles. The van der Waals surface area contributed by atoms with Crippen molar-refractivity contribution >= 4 is 17.6 Å². The molecule has 1 N–H and O–H groups in total. The molecule has 2 atom stereocenters. The number of pyridine rings is 1. The zero-order chi connectivity index (χ0) is 20.5. The molecular weight excluding hydrogens is 378 g/mol. The van der Waals surface area contributed by atoms with E-state index >= 15 is 0 Å². The Labute approximate surface area is 174 Å². The van der Waals surface area contributed by atoms with E-state index < -0.39 is 0 Å². The Morgan fingerprint density at radius 3 is 2.60 bits per heavy atom. The molecule has 2 aromatic heterocycles. The highest BCUT2D eigenvalue weighted by molar-refractivity contribution is 5.96. The first-order valence-electron chi connectivity index (χ1n) is 10.2. The zero-order valence-corrected chi connectivity index (χ0v) is 16.5. The van der Waals surface area contributed by atoms with E-state index in [1.165, 1.54) is 0 Å². The van der Waals surface area contributed by atoms with E-state index in [1.807, 2.05) is 59.6 Å². The average molecular weight is 401 g/mol. The number of hydrogen-bond donors (Lipinski definition) is 1. The Balaban J connectivity index is 1.35. The van der Waals surface area contributed by atoms with Crippen molar-refractivity contribution in [3.05, 3.63) is 84.4 Å². The smallest absolute Gasteiger partial charge is 0.318 e.